The lowest BCUT2D eigenvalue weighted by atomic mass is 10.2. The van der Waals surface area contributed by atoms with Crippen molar-refractivity contribution in [3.05, 3.63) is 53.6 Å². The van der Waals surface area contributed by atoms with Gasteiger partial charge in [-0.05, 0) is 23.3 Å². The minimum Gasteiger partial charge on any atom is -0.493 e. The van der Waals surface area contributed by atoms with Crippen molar-refractivity contribution in [2.24, 2.45) is 0 Å². The Balaban J connectivity index is 1.39. The van der Waals surface area contributed by atoms with E-state index >= 15 is 0 Å². The third-order valence-electron chi connectivity index (χ3n) is 5.49. The largest absolute Gasteiger partial charge is 0.493 e. The molecule has 0 bridgehead atoms. The number of piperazine rings is 1. The first-order chi connectivity index (χ1) is 15.1. The van der Waals surface area contributed by atoms with E-state index in [4.69, 9.17) is 18.9 Å². The lowest BCUT2D eigenvalue weighted by molar-refractivity contribution is 0.000807. The van der Waals surface area contributed by atoms with Crippen LogP contribution in [0, 0.1) is 0 Å². The van der Waals surface area contributed by atoms with Crippen LogP contribution in [0.3, 0.4) is 0 Å². The van der Waals surface area contributed by atoms with E-state index in [2.05, 4.69) is 34.1 Å². The molecule has 0 saturated carbocycles. The van der Waals surface area contributed by atoms with Crippen molar-refractivity contribution in [3.63, 3.8) is 0 Å². The highest BCUT2D eigenvalue weighted by Gasteiger charge is 2.19. The highest BCUT2D eigenvalue weighted by atomic mass is 16.5. The molecule has 2 aromatic carbocycles. The summed E-state index contributed by atoms with van der Waals surface area (Å²) < 4.78 is 21.8. The van der Waals surface area contributed by atoms with Gasteiger partial charge in [0, 0.05) is 39.3 Å². The molecular formula is C24H34N2O5. The van der Waals surface area contributed by atoms with Gasteiger partial charge >= 0.3 is 0 Å². The van der Waals surface area contributed by atoms with Gasteiger partial charge in [-0.3, -0.25) is 9.80 Å². The van der Waals surface area contributed by atoms with Gasteiger partial charge in [-0.15, -0.1) is 0 Å². The predicted molar refractivity (Wildman–Crippen MR) is 120 cm³/mol. The molecule has 0 radical (unpaired) electrons. The van der Waals surface area contributed by atoms with Gasteiger partial charge in [0.1, 0.15) is 0 Å². The Morgan fingerprint density at radius 1 is 0.839 bits per heavy atom. The van der Waals surface area contributed by atoms with Gasteiger partial charge in [0.15, 0.2) is 11.5 Å². The van der Waals surface area contributed by atoms with E-state index in [0.717, 1.165) is 38.3 Å². The van der Waals surface area contributed by atoms with Crippen LogP contribution in [0.2, 0.25) is 0 Å². The lowest BCUT2D eigenvalue weighted by Gasteiger charge is -2.35. The average molecular weight is 431 g/mol. The van der Waals surface area contributed by atoms with E-state index in [1.807, 2.05) is 18.2 Å². The molecule has 1 N–H and O–H groups in total. The monoisotopic (exact) mass is 430 g/mol. The number of aliphatic hydroxyl groups is 1. The van der Waals surface area contributed by atoms with E-state index in [0.29, 0.717) is 30.4 Å². The topological polar surface area (TPSA) is 63.6 Å². The molecule has 170 valence electrons. The number of ether oxygens (including phenoxy) is 4. The standard InChI is InChI=1S/C24H34N2O5/c1-28-22-13-20(14-23(29-2)24(22)30-3)17-31-18-21(27)16-26-11-9-25(10-12-26)15-19-7-5-4-6-8-19/h4-8,13-14,21,27H,9-12,15-18H2,1-3H3/t21-/m1/s1. The second-order valence-electron chi connectivity index (χ2n) is 7.76. The van der Waals surface area contributed by atoms with Crippen molar-refractivity contribution in [2.75, 3.05) is 60.7 Å². The number of benzene rings is 2. The molecule has 0 amide bonds. The Morgan fingerprint density at radius 3 is 2.03 bits per heavy atom. The molecule has 0 unspecified atom stereocenters. The SMILES string of the molecule is COc1cc(COC[C@H](O)CN2CCN(Cc3ccccc3)CC2)cc(OC)c1OC. The van der Waals surface area contributed by atoms with Crippen molar-refractivity contribution in [1.29, 1.82) is 0 Å². The second kappa shape index (κ2) is 11.9. The fourth-order valence-corrected chi connectivity index (χ4v) is 3.85. The summed E-state index contributed by atoms with van der Waals surface area (Å²) in [6, 6.07) is 14.3. The number of aliphatic hydroxyl groups excluding tert-OH is 1. The summed E-state index contributed by atoms with van der Waals surface area (Å²) in [7, 11) is 4.75. The van der Waals surface area contributed by atoms with Gasteiger partial charge in [0.2, 0.25) is 5.75 Å². The Hall–Kier alpha value is -2.32. The lowest BCUT2D eigenvalue weighted by Crippen LogP contribution is -2.48. The summed E-state index contributed by atoms with van der Waals surface area (Å²) >= 11 is 0. The normalized spacial score (nSPS) is 16.1. The number of rotatable bonds is 11. The predicted octanol–water partition coefficient (Wildman–Crippen LogP) is 2.41. The second-order valence-corrected chi connectivity index (χ2v) is 7.76. The van der Waals surface area contributed by atoms with Crippen LogP contribution in [0.5, 0.6) is 17.2 Å². The molecule has 0 aromatic heterocycles. The summed E-state index contributed by atoms with van der Waals surface area (Å²) in [4.78, 5) is 4.76. The maximum Gasteiger partial charge on any atom is 0.203 e. The van der Waals surface area contributed by atoms with Gasteiger partial charge in [-0.25, -0.2) is 0 Å². The minimum absolute atomic E-state index is 0.279. The number of hydrogen-bond acceptors (Lipinski definition) is 7. The molecule has 1 heterocycles. The summed E-state index contributed by atoms with van der Waals surface area (Å²) in [5, 5.41) is 10.4. The maximum atomic E-state index is 10.4. The van der Waals surface area contributed by atoms with Crippen molar-refractivity contribution >= 4 is 0 Å². The summed E-state index contributed by atoms with van der Waals surface area (Å²) in [6.45, 7) is 6.17. The molecular weight excluding hydrogens is 396 g/mol. The van der Waals surface area contributed by atoms with Gasteiger partial charge in [-0.2, -0.15) is 0 Å². The van der Waals surface area contributed by atoms with Crippen LogP contribution in [0.25, 0.3) is 0 Å². The molecule has 0 aliphatic carbocycles. The van der Waals surface area contributed by atoms with Gasteiger partial charge < -0.3 is 24.1 Å². The van der Waals surface area contributed by atoms with Crippen LogP contribution in [0.4, 0.5) is 0 Å². The van der Waals surface area contributed by atoms with Crippen LogP contribution in [-0.4, -0.2) is 81.7 Å². The average Bonchev–Trinajstić information content (AvgIpc) is 2.80. The smallest absolute Gasteiger partial charge is 0.203 e. The number of nitrogens with zero attached hydrogens (tertiary/aromatic N) is 2. The van der Waals surface area contributed by atoms with E-state index in [-0.39, 0.29) is 6.61 Å². The fraction of sp³-hybridized carbons (Fsp3) is 0.500. The van der Waals surface area contributed by atoms with Crippen molar-refractivity contribution < 1.29 is 24.1 Å². The quantitative estimate of drug-likeness (QED) is 0.587. The molecule has 3 rings (SSSR count). The van der Waals surface area contributed by atoms with Crippen molar-refractivity contribution in [3.8, 4) is 17.2 Å². The summed E-state index contributed by atoms with van der Waals surface area (Å²) in [5.41, 5.74) is 2.24. The van der Waals surface area contributed by atoms with Crippen molar-refractivity contribution in [1.82, 2.24) is 9.80 Å². The number of methoxy groups -OCH3 is 3. The number of β-amino-alcohol motifs (C(OH)–C–C–N with tert-alkyl or cyclic N) is 1. The third kappa shape index (κ3) is 6.83. The molecule has 1 aliphatic heterocycles. The van der Waals surface area contributed by atoms with Crippen LogP contribution < -0.4 is 14.2 Å². The van der Waals surface area contributed by atoms with Crippen molar-refractivity contribution in [2.45, 2.75) is 19.3 Å². The first kappa shape index (κ1) is 23.3. The Labute approximate surface area is 185 Å². The van der Waals surface area contributed by atoms with E-state index in [1.54, 1.807) is 21.3 Å². The van der Waals surface area contributed by atoms with Crippen LogP contribution in [0.1, 0.15) is 11.1 Å². The minimum atomic E-state index is -0.525. The molecule has 1 fully saturated rings. The Morgan fingerprint density at radius 2 is 1.45 bits per heavy atom. The first-order valence-corrected chi connectivity index (χ1v) is 10.7. The Bertz CT molecular complexity index is 769. The van der Waals surface area contributed by atoms with Crippen LogP contribution in [-0.2, 0) is 17.9 Å². The van der Waals surface area contributed by atoms with E-state index in [9.17, 15) is 5.11 Å². The zero-order valence-electron chi connectivity index (χ0n) is 18.8. The zero-order valence-corrected chi connectivity index (χ0v) is 18.8. The zero-order chi connectivity index (χ0) is 22.1. The first-order valence-electron chi connectivity index (χ1n) is 10.7. The van der Waals surface area contributed by atoms with Crippen LogP contribution >= 0.6 is 0 Å². The molecule has 31 heavy (non-hydrogen) atoms. The third-order valence-corrected chi connectivity index (χ3v) is 5.49. The van der Waals surface area contributed by atoms with E-state index < -0.39 is 6.10 Å². The molecule has 7 heteroatoms. The molecule has 2 aromatic rings. The van der Waals surface area contributed by atoms with Gasteiger partial charge in [-0.1, -0.05) is 30.3 Å². The van der Waals surface area contributed by atoms with E-state index in [1.165, 1.54) is 5.56 Å². The van der Waals surface area contributed by atoms with Gasteiger partial charge in [0.05, 0.1) is 40.6 Å². The molecule has 7 nitrogen and oxygen atoms in total. The highest BCUT2D eigenvalue weighted by Crippen LogP contribution is 2.38. The molecule has 1 aliphatic rings. The molecule has 1 saturated heterocycles. The molecule has 1 atom stereocenters. The Kier molecular flexibility index (Phi) is 8.97. The highest BCUT2D eigenvalue weighted by molar-refractivity contribution is 5.53. The summed E-state index contributed by atoms with van der Waals surface area (Å²) in [6.07, 6.45) is -0.525. The maximum absolute atomic E-state index is 10.4. The van der Waals surface area contributed by atoms with Crippen LogP contribution in [0.15, 0.2) is 42.5 Å². The number of hydrogen-bond donors (Lipinski definition) is 1. The molecule has 0 spiro atoms. The van der Waals surface area contributed by atoms with Gasteiger partial charge in [0.25, 0.3) is 0 Å². The summed E-state index contributed by atoms with van der Waals surface area (Å²) in [5.74, 6) is 1.74. The fourth-order valence-electron chi connectivity index (χ4n) is 3.85.